The molecule has 1 aromatic rings. The molecule has 1 fully saturated rings. The Bertz CT molecular complexity index is 527. The van der Waals surface area contributed by atoms with Crippen LogP contribution in [0, 0.1) is 6.92 Å². The molecular weight excluding hydrogens is 296 g/mol. The zero-order chi connectivity index (χ0) is 16.7. The molecule has 6 nitrogen and oxygen atoms in total. The first-order chi connectivity index (χ1) is 11.1. The van der Waals surface area contributed by atoms with E-state index in [0.29, 0.717) is 31.4 Å². The monoisotopic (exact) mass is 322 g/mol. The number of nitrogens with zero attached hydrogens (tertiary/aromatic N) is 1. The third-order valence-electron chi connectivity index (χ3n) is 4.09. The van der Waals surface area contributed by atoms with Crippen molar-refractivity contribution in [2.75, 3.05) is 32.2 Å². The molecular formula is C17H26N2O4. The first kappa shape index (κ1) is 17.7. The number of pyridine rings is 1. The molecule has 23 heavy (non-hydrogen) atoms. The van der Waals surface area contributed by atoms with Crippen LogP contribution in [0.25, 0.3) is 0 Å². The molecule has 6 heteroatoms. The molecule has 0 bridgehead atoms. The van der Waals surface area contributed by atoms with Crippen LogP contribution in [0.3, 0.4) is 0 Å². The zero-order valence-electron chi connectivity index (χ0n) is 14.2. The number of carbonyl (C=O) groups is 1. The molecule has 1 saturated carbocycles. The van der Waals surface area contributed by atoms with Crippen LogP contribution >= 0.6 is 0 Å². The third kappa shape index (κ3) is 4.42. The molecule has 0 atom stereocenters. The fraction of sp³-hybridized carbons (Fsp3) is 0.647. The number of ether oxygens (including phenoxy) is 3. The summed E-state index contributed by atoms with van der Waals surface area (Å²) in [7, 11) is 1.62. The Labute approximate surface area is 137 Å². The molecule has 0 aliphatic heterocycles. The first-order valence-electron chi connectivity index (χ1n) is 8.16. The van der Waals surface area contributed by atoms with E-state index in [1.165, 1.54) is 0 Å². The van der Waals surface area contributed by atoms with Crippen molar-refractivity contribution in [3.8, 4) is 5.88 Å². The Morgan fingerprint density at radius 3 is 2.65 bits per heavy atom. The summed E-state index contributed by atoms with van der Waals surface area (Å²) in [6.07, 6.45) is 3.60. The van der Waals surface area contributed by atoms with E-state index in [1.807, 2.05) is 19.9 Å². The Kier molecular flexibility index (Phi) is 6.36. The maximum absolute atomic E-state index is 12.7. The standard InChI is InChI=1S/C17H26N2O4/c1-4-23-17(9-5-6-10-17)16(20)19-14-7-8-15(18-13(14)2)22-12-11-21-3/h7-8H,4-6,9-12H2,1-3H3,(H,19,20). The van der Waals surface area contributed by atoms with Gasteiger partial charge < -0.3 is 19.5 Å². The van der Waals surface area contributed by atoms with E-state index in [4.69, 9.17) is 14.2 Å². The average Bonchev–Trinajstić information content (AvgIpc) is 3.00. The molecule has 1 heterocycles. The van der Waals surface area contributed by atoms with Crippen molar-refractivity contribution in [3.05, 3.63) is 17.8 Å². The van der Waals surface area contributed by atoms with E-state index in [9.17, 15) is 4.79 Å². The van der Waals surface area contributed by atoms with Gasteiger partial charge in [-0.2, -0.15) is 0 Å². The van der Waals surface area contributed by atoms with Gasteiger partial charge in [-0.25, -0.2) is 4.98 Å². The van der Waals surface area contributed by atoms with Gasteiger partial charge in [0.25, 0.3) is 5.91 Å². The topological polar surface area (TPSA) is 69.7 Å². The van der Waals surface area contributed by atoms with Crippen LogP contribution < -0.4 is 10.1 Å². The van der Waals surface area contributed by atoms with Crippen molar-refractivity contribution in [2.24, 2.45) is 0 Å². The summed E-state index contributed by atoms with van der Waals surface area (Å²) in [6, 6.07) is 3.57. The number of carbonyl (C=O) groups excluding carboxylic acids is 1. The van der Waals surface area contributed by atoms with Crippen molar-refractivity contribution < 1.29 is 19.0 Å². The predicted molar refractivity (Wildman–Crippen MR) is 87.8 cm³/mol. The smallest absolute Gasteiger partial charge is 0.256 e. The van der Waals surface area contributed by atoms with Crippen LogP contribution in [0.5, 0.6) is 5.88 Å². The highest BCUT2D eigenvalue weighted by molar-refractivity contribution is 5.98. The van der Waals surface area contributed by atoms with E-state index >= 15 is 0 Å². The molecule has 128 valence electrons. The molecule has 0 saturated heterocycles. The second-order valence-corrected chi connectivity index (χ2v) is 5.71. The van der Waals surface area contributed by atoms with E-state index in [-0.39, 0.29) is 5.91 Å². The minimum absolute atomic E-state index is 0.0743. The fourth-order valence-electron chi connectivity index (χ4n) is 2.88. The van der Waals surface area contributed by atoms with Crippen molar-refractivity contribution in [1.82, 2.24) is 4.98 Å². The van der Waals surface area contributed by atoms with Crippen LogP contribution in [-0.4, -0.2) is 43.4 Å². The first-order valence-corrected chi connectivity index (χ1v) is 8.16. The molecule has 0 unspecified atom stereocenters. The number of rotatable bonds is 8. The van der Waals surface area contributed by atoms with Crippen LogP contribution in [0.15, 0.2) is 12.1 Å². The number of nitrogens with one attached hydrogen (secondary N) is 1. The lowest BCUT2D eigenvalue weighted by molar-refractivity contribution is -0.140. The van der Waals surface area contributed by atoms with Gasteiger partial charge in [0.05, 0.1) is 18.0 Å². The van der Waals surface area contributed by atoms with E-state index in [1.54, 1.807) is 13.2 Å². The van der Waals surface area contributed by atoms with E-state index < -0.39 is 5.60 Å². The van der Waals surface area contributed by atoms with E-state index in [0.717, 1.165) is 31.4 Å². The van der Waals surface area contributed by atoms with Gasteiger partial charge in [-0.1, -0.05) is 0 Å². The van der Waals surface area contributed by atoms with Gasteiger partial charge in [0.2, 0.25) is 5.88 Å². The fourth-order valence-corrected chi connectivity index (χ4v) is 2.88. The SMILES string of the molecule is CCOC1(C(=O)Nc2ccc(OCCOC)nc2C)CCCC1. The van der Waals surface area contributed by atoms with Crippen LogP contribution in [-0.2, 0) is 14.3 Å². The van der Waals surface area contributed by atoms with Crippen molar-refractivity contribution >= 4 is 11.6 Å². The van der Waals surface area contributed by atoms with Crippen molar-refractivity contribution in [1.29, 1.82) is 0 Å². The molecule has 1 aromatic heterocycles. The van der Waals surface area contributed by atoms with Crippen molar-refractivity contribution in [3.63, 3.8) is 0 Å². The summed E-state index contributed by atoms with van der Waals surface area (Å²) in [4.78, 5) is 17.0. The summed E-state index contributed by atoms with van der Waals surface area (Å²) in [6.45, 7) is 5.27. The summed E-state index contributed by atoms with van der Waals surface area (Å²) in [5.74, 6) is 0.452. The number of aromatic nitrogens is 1. The zero-order valence-corrected chi connectivity index (χ0v) is 14.2. The highest BCUT2D eigenvalue weighted by Crippen LogP contribution is 2.34. The number of aryl methyl sites for hydroxylation is 1. The quantitative estimate of drug-likeness (QED) is 0.745. The summed E-state index contributed by atoms with van der Waals surface area (Å²) in [5, 5.41) is 2.97. The van der Waals surface area contributed by atoms with Gasteiger partial charge in [-0.05, 0) is 45.6 Å². The maximum atomic E-state index is 12.7. The Hall–Kier alpha value is -1.66. The molecule has 1 amide bonds. The maximum Gasteiger partial charge on any atom is 0.256 e. The Balaban J connectivity index is 2.03. The molecule has 2 rings (SSSR count). The average molecular weight is 322 g/mol. The van der Waals surface area contributed by atoms with Gasteiger partial charge in [0.1, 0.15) is 12.2 Å². The Morgan fingerprint density at radius 1 is 1.30 bits per heavy atom. The lowest BCUT2D eigenvalue weighted by Gasteiger charge is -2.27. The molecule has 0 radical (unpaired) electrons. The molecule has 0 aromatic carbocycles. The lowest BCUT2D eigenvalue weighted by atomic mass is 10.0. The highest BCUT2D eigenvalue weighted by atomic mass is 16.5. The molecule has 1 aliphatic carbocycles. The van der Waals surface area contributed by atoms with Crippen LogP contribution in [0.1, 0.15) is 38.3 Å². The van der Waals surface area contributed by atoms with Gasteiger partial charge in [0.15, 0.2) is 0 Å². The molecule has 0 spiro atoms. The predicted octanol–water partition coefficient (Wildman–Crippen LogP) is 2.70. The van der Waals surface area contributed by atoms with Crippen LogP contribution in [0.2, 0.25) is 0 Å². The second-order valence-electron chi connectivity index (χ2n) is 5.71. The van der Waals surface area contributed by atoms with Gasteiger partial charge in [0, 0.05) is 19.8 Å². The second kappa shape index (κ2) is 8.26. The molecule has 1 N–H and O–H groups in total. The van der Waals surface area contributed by atoms with Crippen molar-refractivity contribution in [2.45, 2.75) is 45.1 Å². The minimum Gasteiger partial charge on any atom is -0.475 e. The Morgan fingerprint density at radius 2 is 2.04 bits per heavy atom. The summed E-state index contributed by atoms with van der Waals surface area (Å²) in [5.41, 5.74) is 0.729. The number of hydrogen-bond acceptors (Lipinski definition) is 5. The lowest BCUT2D eigenvalue weighted by Crippen LogP contribution is -2.43. The number of methoxy groups -OCH3 is 1. The molecule has 1 aliphatic rings. The normalized spacial score (nSPS) is 16.3. The number of anilines is 1. The van der Waals surface area contributed by atoms with Crippen LogP contribution in [0.4, 0.5) is 5.69 Å². The van der Waals surface area contributed by atoms with Gasteiger partial charge >= 0.3 is 0 Å². The van der Waals surface area contributed by atoms with E-state index in [2.05, 4.69) is 10.3 Å². The van der Waals surface area contributed by atoms with Gasteiger partial charge in [-0.3, -0.25) is 4.79 Å². The van der Waals surface area contributed by atoms with Gasteiger partial charge in [-0.15, -0.1) is 0 Å². The minimum atomic E-state index is -0.686. The summed E-state index contributed by atoms with van der Waals surface area (Å²) < 4.78 is 16.2. The summed E-state index contributed by atoms with van der Waals surface area (Å²) >= 11 is 0. The highest BCUT2D eigenvalue weighted by Gasteiger charge is 2.42. The number of amides is 1. The third-order valence-corrected chi connectivity index (χ3v) is 4.09. The largest absolute Gasteiger partial charge is 0.475 e. The number of hydrogen-bond donors (Lipinski definition) is 1.